The molecule has 0 saturated carbocycles. The van der Waals surface area contributed by atoms with Crippen LogP contribution in [0.15, 0.2) is 24.3 Å². The Hall–Kier alpha value is -0.930. The van der Waals surface area contributed by atoms with Crippen molar-refractivity contribution in [3.63, 3.8) is 0 Å². The van der Waals surface area contributed by atoms with Gasteiger partial charge in [0.2, 0.25) is 0 Å². The first-order valence-electron chi connectivity index (χ1n) is 7.30. The molecule has 0 heterocycles. The third-order valence-corrected chi connectivity index (χ3v) is 3.31. The first kappa shape index (κ1) is 16.1. The Morgan fingerprint density at radius 1 is 1.16 bits per heavy atom. The second-order valence-electron chi connectivity index (χ2n) is 5.19. The zero-order chi connectivity index (χ0) is 14.1. The number of halogens is 1. The molecule has 0 bridgehead atoms. The van der Waals surface area contributed by atoms with Crippen LogP contribution in [0.25, 0.3) is 0 Å². The van der Waals surface area contributed by atoms with Gasteiger partial charge in [0, 0.05) is 6.04 Å². The molecule has 2 N–H and O–H groups in total. The van der Waals surface area contributed by atoms with Crippen molar-refractivity contribution in [2.75, 3.05) is 6.54 Å². The van der Waals surface area contributed by atoms with E-state index in [1.54, 1.807) is 0 Å². The van der Waals surface area contributed by atoms with Crippen molar-refractivity contribution in [3.8, 4) is 0 Å². The molecular formula is C16H26FNO. The van der Waals surface area contributed by atoms with Crippen molar-refractivity contribution in [1.82, 2.24) is 5.32 Å². The second-order valence-corrected chi connectivity index (χ2v) is 5.19. The lowest BCUT2D eigenvalue weighted by atomic mass is 10.0. The fourth-order valence-electron chi connectivity index (χ4n) is 2.16. The van der Waals surface area contributed by atoms with Crippen molar-refractivity contribution in [2.24, 2.45) is 0 Å². The van der Waals surface area contributed by atoms with E-state index in [9.17, 15) is 9.50 Å². The Balaban J connectivity index is 2.48. The molecule has 0 radical (unpaired) electrons. The lowest BCUT2D eigenvalue weighted by molar-refractivity contribution is 0.180. The first-order chi connectivity index (χ1) is 9.13. The molecule has 1 rings (SSSR count). The van der Waals surface area contributed by atoms with Crippen LogP contribution in [0.5, 0.6) is 0 Å². The van der Waals surface area contributed by atoms with E-state index in [0.29, 0.717) is 0 Å². The Labute approximate surface area is 116 Å². The Morgan fingerprint density at radius 3 is 2.42 bits per heavy atom. The highest BCUT2D eigenvalue weighted by molar-refractivity contribution is 5.19. The van der Waals surface area contributed by atoms with Gasteiger partial charge in [0.25, 0.3) is 0 Å². The van der Waals surface area contributed by atoms with Gasteiger partial charge in [-0.2, -0.15) is 0 Å². The van der Waals surface area contributed by atoms with Crippen molar-refractivity contribution in [2.45, 2.75) is 58.1 Å². The topological polar surface area (TPSA) is 32.3 Å². The Morgan fingerprint density at radius 2 is 1.84 bits per heavy atom. The molecular weight excluding hydrogens is 241 g/mol. The largest absolute Gasteiger partial charge is 0.393 e. The van der Waals surface area contributed by atoms with Crippen LogP contribution in [0.1, 0.15) is 57.6 Å². The number of rotatable bonds is 9. The molecule has 108 valence electrons. The molecule has 0 aliphatic rings. The van der Waals surface area contributed by atoms with E-state index in [0.717, 1.165) is 44.2 Å². The van der Waals surface area contributed by atoms with Gasteiger partial charge in [-0.15, -0.1) is 0 Å². The fraction of sp³-hybridized carbons (Fsp3) is 0.625. The van der Waals surface area contributed by atoms with Crippen LogP contribution in [0.4, 0.5) is 4.39 Å². The SMILES string of the molecule is CCCCC(NCCCC(C)O)c1ccc(F)cc1. The van der Waals surface area contributed by atoms with E-state index in [4.69, 9.17) is 0 Å². The van der Waals surface area contributed by atoms with Crippen LogP contribution >= 0.6 is 0 Å². The van der Waals surface area contributed by atoms with Crippen LogP contribution in [0.2, 0.25) is 0 Å². The normalized spacial score (nSPS) is 14.3. The van der Waals surface area contributed by atoms with E-state index in [1.165, 1.54) is 12.1 Å². The first-order valence-corrected chi connectivity index (χ1v) is 7.30. The van der Waals surface area contributed by atoms with Gasteiger partial charge in [-0.05, 0) is 50.4 Å². The molecule has 3 heteroatoms. The van der Waals surface area contributed by atoms with Gasteiger partial charge in [0.05, 0.1) is 6.10 Å². The maximum absolute atomic E-state index is 12.9. The van der Waals surface area contributed by atoms with Crippen LogP contribution in [-0.2, 0) is 0 Å². The molecule has 0 saturated heterocycles. The van der Waals surface area contributed by atoms with Gasteiger partial charge in [-0.3, -0.25) is 0 Å². The van der Waals surface area contributed by atoms with Gasteiger partial charge in [0.1, 0.15) is 5.82 Å². The number of nitrogens with one attached hydrogen (secondary N) is 1. The summed E-state index contributed by atoms with van der Waals surface area (Å²) in [6.45, 7) is 4.88. The predicted octanol–water partition coefficient (Wildman–Crippen LogP) is 3.81. The van der Waals surface area contributed by atoms with Gasteiger partial charge >= 0.3 is 0 Å². The minimum absolute atomic E-state index is 0.188. The molecule has 0 amide bonds. The summed E-state index contributed by atoms with van der Waals surface area (Å²) >= 11 is 0. The molecule has 2 nitrogen and oxygen atoms in total. The zero-order valence-corrected chi connectivity index (χ0v) is 12.0. The number of benzene rings is 1. The van der Waals surface area contributed by atoms with Crippen LogP contribution in [0, 0.1) is 5.82 Å². The minimum Gasteiger partial charge on any atom is -0.393 e. The van der Waals surface area contributed by atoms with Gasteiger partial charge < -0.3 is 10.4 Å². The quantitative estimate of drug-likeness (QED) is 0.667. The summed E-state index contributed by atoms with van der Waals surface area (Å²) in [5.74, 6) is -0.188. The summed E-state index contributed by atoms with van der Waals surface area (Å²) in [4.78, 5) is 0. The fourth-order valence-corrected chi connectivity index (χ4v) is 2.16. The highest BCUT2D eigenvalue weighted by Crippen LogP contribution is 2.20. The molecule has 2 atom stereocenters. The molecule has 0 spiro atoms. The summed E-state index contributed by atoms with van der Waals surface area (Å²) in [6, 6.07) is 7.04. The molecule has 0 aliphatic heterocycles. The third kappa shape index (κ3) is 6.69. The predicted molar refractivity (Wildman–Crippen MR) is 77.6 cm³/mol. The monoisotopic (exact) mass is 267 g/mol. The average molecular weight is 267 g/mol. The number of aliphatic hydroxyl groups excluding tert-OH is 1. The highest BCUT2D eigenvalue weighted by atomic mass is 19.1. The van der Waals surface area contributed by atoms with Crippen molar-refractivity contribution < 1.29 is 9.50 Å². The Kier molecular flexibility index (Phi) is 7.68. The number of hydrogen-bond donors (Lipinski definition) is 2. The van der Waals surface area contributed by atoms with Gasteiger partial charge in [-0.1, -0.05) is 31.9 Å². The minimum atomic E-state index is -0.235. The maximum atomic E-state index is 12.9. The number of unbranched alkanes of at least 4 members (excludes halogenated alkanes) is 1. The van der Waals surface area contributed by atoms with Crippen molar-refractivity contribution >= 4 is 0 Å². The van der Waals surface area contributed by atoms with Gasteiger partial charge in [0.15, 0.2) is 0 Å². The molecule has 2 unspecified atom stereocenters. The maximum Gasteiger partial charge on any atom is 0.123 e. The van der Waals surface area contributed by atoms with Crippen molar-refractivity contribution in [3.05, 3.63) is 35.6 Å². The average Bonchev–Trinajstić information content (AvgIpc) is 2.39. The van der Waals surface area contributed by atoms with E-state index in [2.05, 4.69) is 12.2 Å². The van der Waals surface area contributed by atoms with E-state index < -0.39 is 0 Å². The number of aliphatic hydroxyl groups is 1. The highest BCUT2D eigenvalue weighted by Gasteiger charge is 2.10. The summed E-state index contributed by atoms with van der Waals surface area (Å²) in [6.07, 6.45) is 4.93. The standard InChI is InChI=1S/C16H26FNO/c1-3-4-7-16(18-12-5-6-13(2)19)14-8-10-15(17)11-9-14/h8-11,13,16,18-19H,3-7,12H2,1-2H3. The lowest BCUT2D eigenvalue weighted by Crippen LogP contribution is -2.23. The smallest absolute Gasteiger partial charge is 0.123 e. The molecule has 0 aromatic heterocycles. The third-order valence-electron chi connectivity index (χ3n) is 3.31. The van der Waals surface area contributed by atoms with Crippen LogP contribution in [0.3, 0.4) is 0 Å². The molecule has 0 fully saturated rings. The zero-order valence-electron chi connectivity index (χ0n) is 12.0. The van der Waals surface area contributed by atoms with Crippen LogP contribution < -0.4 is 5.32 Å². The van der Waals surface area contributed by atoms with Crippen LogP contribution in [-0.4, -0.2) is 17.8 Å². The lowest BCUT2D eigenvalue weighted by Gasteiger charge is -2.19. The Bertz CT molecular complexity index is 337. The van der Waals surface area contributed by atoms with E-state index in [1.807, 2.05) is 19.1 Å². The summed E-state index contributed by atoms with van der Waals surface area (Å²) in [5, 5.41) is 12.7. The van der Waals surface area contributed by atoms with Crippen molar-refractivity contribution in [1.29, 1.82) is 0 Å². The summed E-state index contributed by atoms with van der Waals surface area (Å²) < 4.78 is 12.9. The molecule has 1 aromatic carbocycles. The summed E-state index contributed by atoms with van der Waals surface area (Å²) in [5.41, 5.74) is 1.15. The summed E-state index contributed by atoms with van der Waals surface area (Å²) in [7, 11) is 0. The van der Waals surface area contributed by atoms with E-state index in [-0.39, 0.29) is 18.0 Å². The number of hydrogen-bond acceptors (Lipinski definition) is 2. The van der Waals surface area contributed by atoms with E-state index >= 15 is 0 Å². The molecule has 0 aliphatic carbocycles. The molecule has 1 aromatic rings. The second kappa shape index (κ2) is 9.05. The molecule has 19 heavy (non-hydrogen) atoms. The van der Waals surface area contributed by atoms with Gasteiger partial charge in [-0.25, -0.2) is 4.39 Å².